The Bertz CT molecular complexity index is 1260. The van der Waals surface area contributed by atoms with Crippen LogP contribution in [0.3, 0.4) is 0 Å². The zero-order valence-electron chi connectivity index (χ0n) is 16.2. The number of benzene rings is 3. The van der Waals surface area contributed by atoms with Crippen LogP contribution in [-0.4, -0.2) is 22.1 Å². The van der Waals surface area contributed by atoms with Gasteiger partial charge >= 0.3 is 5.25 Å². The topological polar surface area (TPSA) is 80.3 Å². The third-order valence-electron chi connectivity index (χ3n) is 4.56. The van der Waals surface area contributed by atoms with E-state index in [1.54, 1.807) is 11.6 Å². The van der Waals surface area contributed by atoms with Gasteiger partial charge in [0.15, 0.2) is 0 Å². The predicted octanol–water partition coefficient (Wildman–Crippen LogP) is 4.22. The van der Waals surface area contributed by atoms with Crippen molar-refractivity contribution in [2.45, 2.75) is 28.0 Å². The van der Waals surface area contributed by atoms with Crippen molar-refractivity contribution in [2.24, 2.45) is 0 Å². The SMILES string of the molecule is Cc1ccc(S(=O)(=O)NC(c2ccc(F)cc2)C(F)(F)S(=O)(=O)c2ccccc2)cc1. The Morgan fingerprint density at radius 1 is 0.774 bits per heavy atom. The van der Waals surface area contributed by atoms with Crippen molar-refractivity contribution in [3.63, 3.8) is 0 Å². The Morgan fingerprint density at radius 3 is 1.87 bits per heavy atom. The molecule has 0 fully saturated rings. The van der Waals surface area contributed by atoms with Gasteiger partial charge in [-0.1, -0.05) is 48.0 Å². The van der Waals surface area contributed by atoms with Crippen LogP contribution in [0.2, 0.25) is 0 Å². The molecule has 0 amide bonds. The summed E-state index contributed by atoms with van der Waals surface area (Å²) in [6.45, 7) is 1.71. The fourth-order valence-electron chi connectivity index (χ4n) is 2.84. The number of sulfonamides is 1. The highest BCUT2D eigenvalue weighted by atomic mass is 32.2. The van der Waals surface area contributed by atoms with E-state index in [1.165, 1.54) is 42.5 Å². The van der Waals surface area contributed by atoms with Gasteiger partial charge in [-0.3, -0.25) is 0 Å². The van der Waals surface area contributed by atoms with Gasteiger partial charge in [0, 0.05) is 0 Å². The average Bonchev–Trinajstić information content (AvgIpc) is 2.73. The van der Waals surface area contributed by atoms with Crippen LogP contribution in [0.1, 0.15) is 17.2 Å². The highest BCUT2D eigenvalue weighted by Gasteiger charge is 2.54. The molecule has 5 nitrogen and oxygen atoms in total. The second-order valence-electron chi connectivity index (χ2n) is 6.80. The van der Waals surface area contributed by atoms with Gasteiger partial charge in [0.05, 0.1) is 9.79 Å². The largest absolute Gasteiger partial charge is 0.369 e. The van der Waals surface area contributed by atoms with Crippen molar-refractivity contribution in [1.29, 1.82) is 0 Å². The summed E-state index contributed by atoms with van der Waals surface area (Å²) in [5, 5.41) is -4.59. The molecule has 0 radical (unpaired) electrons. The number of nitrogens with one attached hydrogen (secondary N) is 1. The Hall–Kier alpha value is -2.69. The van der Waals surface area contributed by atoms with Crippen molar-refractivity contribution < 1.29 is 30.0 Å². The van der Waals surface area contributed by atoms with Crippen LogP contribution < -0.4 is 4.72 Å². The van der Waals surface area contributed by atoms with E-state index in [9.17, 15) is 21.2 Å². The zero-order chi connectivity index (χ0) is 22.9. The molecule has 3 rings (SSSR count). The van der Waals surface area contributed by atoms with Gasteiger partial charge in [-0.25, -0.2) is 21.2 Å². The number of alkyl halides is 2. The molecule has 31 heavy (non-hydrogen) atoms. The summed E-state index contributed by atoms with van der Waals surface area (Å²) in [7, 11) is -9.86. The molecule has 0 spiro atoms. The number of hydrogen-bond donors (Lipinski definition) is 1. The quantitative estimate of drug-likeness (QED) is 0.562. The van der Waals surface area contributed by atoms with Crippen LogP contribution in [0, 0.1) is 12.7 Å². The maximum Gasteiger partial charge on any atom is 0.369 e. The summed E-state index contributed by atoms with van der Waals surface area (Å²) >= 11 is 0. The first-order valence-electron chi connectivity index (χ1n) is 8.97. The van der Waals surface area contributed by atoms with E-state index in [0.29, 0.717) is 0 Å². The fourth-order valence-corrected chi connectivity index (χ4v) is 5.47. The van der Waals surface area contributed by atoms with Crippen molar-refractivity contribution in [1.82, 2.24) is 4.72 Å². The smallest absolute Gasteiger partial charge is 0.217 e. The molecule has 0 heterocycles. The number of hydrogen-bond acceptors (Lipinski definition) is 4. The van der Waals surface area contributed by atoms with Crippen LogP contribution >= 0.6 is 0 Å². The van der Waals surface area contributed by atoms with Gasteiger partial charge in [0.1, 0.15) is 11.9 Å². The lowest BCUT2D eigenvalue weighted by molar-refractivity contribution is 0.0554. The molecular weight excluding hydrogens is 451 g/mol. The molecule has 1 atom stereocenters. The van der Waals surface area contributed by atoms with Crippen molar-refractivity contribution in [3.05, 3.63) is 95.8 Å². The number of halogens is 3. The minimum absolute atomic E-state index is 0.321. The first-order valence-corrected chi connectivity index (χ1v) is 11.9. The zero-order valence-corrected chi connectivity index (χ0v) is 17.8. The normalized spacial score (nSPS) is 13.7. The summed E-state index contributed by atoms with van der Waals surface area (Å²) in [6.07, 6.45) is 0. The summed E-state index contributed by atoms with van der Waals surface area (Å²) in [6, 6.07) is 12.3. The molecule has 0 aliphatic heterocycles. The number of aryl methyl sites for hydroxylation is 1. The maximum absolute atomic E-state index is 15.4. The summed E-state index contributed by atoms with van der Waals surface area (Å²) in [5.41, 5.74) is 0.326. The molecule has 0 saturated carbocycles. The molecule has 3 aromatic rings. The van der Waals surface area contributed by atoms with E-state index in [0.717, 1.165) is 42.0 Å². The van der Waals surface area contributed by atoms with Crippen molar-refractivity contribution in [2.75, 3.05) is 0 Å². The highest BCUT2D eigenvalue weighted by Crippen LogP contribution is 2.41. The Morgan fingerprint density at radius 2 is 1.32 bits per heavy atom. The fraction of sp³-hybridized carbons (Fsp3) is 0.143. The van der Waals surface area contributed by atoms with Gasteiger partial charge < -0.3 is 0 Å². The second kappa shape index (κ2) is 8.45. The minimum Gasteiger partial charge on any atom is -0.217 e. The second-order valence-corrected chi connectivity index (χ2v) is 10.5. The summed E-state index contributed by atoms with van der Waals surface area (Å²) in [5.74, 6) is -0.752. The van der Waals surface area contributed by atoms with Gasteiger partial charge in [0.2, 0.25) is 19.9 Å². The molecule has 3 aromatic carbocycles. The molecule has 0 aliphatic rings. The first kappa shape index (κ1) is 23.0. The lowest BCUT2D eigenvalue weighted by atomic mass is 10.1. The van der Waals surface area contributed by atoms with Crippen molar-refractivity contribution >= 4 is 19.9 Å². The number of sulfone groups is 1. The minimum atomic E-state index is -5.31. The molecule has 1 N–H and O–H groups in total. The van der Waals surface area contributed by atoms with Gasteiger partial charge in [-0.05, 0) is 48.9 Å². The number of rotatable bonds is 7. The highest BCUT2D eigenvalue weighted by molar-refractivity contribution is 7.92. The predicted molar refractivity (Wildman–Crippen MR) is 109 cm³/mol. The molecule has 164 valence electrons. The molecule has 10 heteroatoms. The maximum atomic E-state index is 15.4. The molecule has 0 bridgehead atoms. The van der Waals surface area contributed by atoms with Crippen LogP contribution in [0.4, 0.5) is 13.2 Å². The first-order chi connectivity index (χ1) is 14.4. The van der Waals surface area contributed by atoms with E-state index >= 15 is 8.78 Å². The van der Waals surface area contributed by atoms with Crippen LogP contribution in [0.15, 0.2) is 88.7 Å². The monoisotopic (exact) mass is 469 g/mol. The molecule has 0 aliphatic carbocycles. The van der Waals surface area contributed by atoms with Crippen LogP contribution in [0.5, 0.6) is 0 Å². The van der Waals surface area contributed by atoms with E-state index in [2.05, 4.69) is 0 Å². The Kier molecular flexibility index (Phi) is 6.26. The summed E-state index contributed by atoms with van der Waals surface area (Å²) < 4.78 is 97.1. The van der Waals surface area contributed by atoms with Crippen molar-refractivity contribution in [3.8, 4) is 0 Å². The lowest BCUT2D eigenvalue weighted by Crippen LogP contribution is -2.45. The van der Waals surface area contributed by atoms with Gasteiger partial charge in [-0.15, -0.1) is 0 Å². The van der Waals surface area contributed by atoms with E-state index in [1.807, 2.05) is 0 Å². The van der Waals surface area contributed by atoms with Gasteiger partial charge in [-0.2, -0.15) is 13.5 Å². The molecule has 0 saturated heterocycles. The van der Waals surface area contributed by atoms with Crippen LogP contribution in [0.25, 0.3) is 0 Å². The van der Waals surface area contributed by atoms with Gasteiger partial charge in [0.25, 0.3) is 0 Å². The third-order valence-corrected chi connectivity index (χ3v) is 7.84. The molecular formula is C21H18F3NO4S2. The van der Waals surface area contributed by atoms with E-state index in [-0.39, 0.29) is 4.90 Å². The third kappa shape index (κ3) is 4.65. The summed E-state index contributed by atoms with van der Waals surface area (Å²) in [4.78, 5) is -1.00. The molecule has 1 unspecified atom stereocenters. The average molecular weight is 470 g/mol. The Labute approximate surface area is 178 Å². The Balaban J connectivity index is 2.12. The lowest BCUT2D eigenvalue weighted by Gasteiger charge is -2.28. The van der Waals surface area contributed by atoms with E-state index in [4.69, 9.17) is 0 Å². The van der Waals surface area contributed by atoms with E-state index < -0.39 is 47.4 Å². The molecule has 0 aromatic heterocycles. The van der Waals surface area contributed by atoms with Crippen LogP contribution in [-0.2, 0) is 19.9 Å². The standard InChI is InChI=1S/C21H18F3NO4S2/c1-15-7-13-19(14-8-15)31(28,29)25-20(16-9-11-17(22)12-10-16)21(23,24)30(26,27)18-5-3-2-4-6-18/h2-14,20,25H,1H3.